The van der Waals surface area contributed by atoms with Gasteiger partial charge in [-0.2, -0.15) is 0 Å². The number of hydrogen-bond donors (Lipinski definition) is 1. The van der Waals surface area contributed by atoms with Crippen molar-refractivity contribution in [3.05, 3.63) is 59.1 Å². The Morgan fingerprint density at radius 1 is 1.11 bits per heavy atom. The van der Waals surface area contributed by atoms with Gasteiger partial charge in [-0.05, 0) is 44.0 Å². The van der Waals surface area contributed by atoms with Crippen LogP contribution in [0, 0.1) is 0 Å². The van der Waals surface area contributed by atoms with E-state index in [9.17, 15) is 0 Å². The third-order valence-electron chi connectivity index (χ3n) is 3.47. The molecule has 0 aromatic heterocycles. The number of aryl methyl sites for hydroxylation is 1. The van der Waals surface area contributed by atoms with E-state index >= 15 is 0 Å². The van der Waals surface area contributed by atoms with Gasteiger partial charge in [-0.25, -0.2) is 0 Å². The fourth-order valence-corrected chi connectivity index (χ4v) is 2.36. The molecule has 1 atom stereocenters. The number of halogens is 1. The molecule has 1 nitrogen and oxygen atoms in total. The second-order valence-corrected chi connectivity index (χ2v) is 5.32. The van der Waals surface area contributed by atoms with Gasteiger partial charge in [0, 0.05) is 16.6 Å². The minimum atomic E-state index is 0.545. The summed E-state index contributed by atoms with van der Waals surface area (Å²) in [6, 6.07) is 17.2. The smallest absolute Gasteiger partial charge is 0.0484 e. The maximum absolute atomic E-state index is 6.25. The minimum Gasteiger partial charge on any atom is -0.317 e. The van der Waals surface area contributed by atoms with Crippen LogP contribution in [0.15, 0.2) is 48.5 Å². The molecule has 2 heteroatoms. The molecule has 1 N–H and O–H groups in total. The van der Waals surface area contributed by atoms with E-state index in [4.69, 9.17) is 11.6 Å². The molecule has 100 valence electrons. The number of hydrogen-bond acceptors (Lipinski definition) is 1. The molecule has 0 fully saturated rings. The Kier molecular flexibility index (Phi) is 5.00. The van der Waals surface area contributed by atoms with Gasteiger partial charge in [0.2, 0.25) is 0 Å². The van der Waals surface area contributed by atoms with Crippen LogP contribution in [0.4, 0.5) is 0 Å². The Bertz CT molecular complexity index is 536. The van der Waals surface area contributed by atoms with Crippen molar-refractivity contribution in [3.63, 3.8) is 0 Å². The lowest BCUT2D eigenvalue weighted by Crippen LogP contribution is -2.21. The first-order chi connectivity index (χ1) is 9.20. The van der Waals surface area contributed by atoms with Crippen molar-refractivity contribution < 1.29 is 0 Å². The standard InChI is InChI=1S/C17H20ClN/c1-13(19-2)10-11-14-6-5-7-15(12-14)16-8-3-4-9-17(16)18/h3-9,12-13,19H,10-11H2,1-2H3. The zero-order valence-corrected chi connectivity index (χ0v) is 12.2. The largest absolute Gasteiger partial charge is 0.317 e. The van der Waals surface area contributed by atoms with E-state index in [1.54, 1.807) is 0 Å². The molecule has 1 unspecified atom stereocenters. The molecule has 2 aromatic carbocycles. The average molecular weight is 274 g/mol. The van der Waals surface area contributed by atoms with Gasteiger partial charge in [-0.3, -0.25) is 0 Å². The van der Waals surface area contributed by atoms with Gasteiger partial charge in [0.15, 0.2) is 0 Å². The summed E-state index contributed by atoms with van der Waals surface area (Å²) in [6.45, 7) is 2.21. The first-order valence-corrected chi connectivity index (χ1v) is 7.09. The van der Waals surface area contributed by atoms with Crippen molar-refractivity contribution in [1.82, 2.24) is 5.32 Å². The van der Waals surface area contributed by atoms with Crippen LogP contribution in [0.25, 0.3) is 11.1 Å². The van der Waals surface area contributed by atoms with E-state index in [2.05, 4.69) is 42.6 Å². The molecule has 0 spiro atoms. The van der Waals surface area contributed by atoms with Crippen LogP contribution in [0.3, 0.4) is 0 Å². The molecule has 0 radical (unpaired) electrons. The molecule has 0 bridgehead atoms. The highest BCUT2D eigenvalue weighted by Gasteiger charge is 2.04. The molecule has 0 heterocycles. The molecular weight excluding hydrogens is 254 g/mol. The normalized spacial score (nSPS) is 12.4. The van der Waals surface area contributed by atoms with Crippen molar-refractivity contribution >= 4 is 11.6 Å². The maximum atomic E-state index is 6.25. The van der Waals surface area contributed by atoms with Gasteiger partial charge < -0.3 is 5.32 Å². The monoisotopic (exact) mass is 273 g/mol. The first-order valence-electron chi connectivity index (χ1n) is 6.72. The summed E-state index contributed by atoms with van der Waals surface area (Å²) in [7, 11) is 2.00. The Hall–Kier alpha value is -1.31. The van der Waals surface area contributed by atoms with Gasteiger partial charge in [-0.15, -0.1) is 0 Å². The predicted octanol–water partition coefficient (Wildman–Crippen LogP) is 4.55. The lowest BCUT2D eigenvalue weighted by atomic mass is 10.00. The van der Waals surface area contributed by atoms with Crippen LogP contribution in [0.5, 0.6) is 0 Å². The van der Waals surface area contributed by atoms with Crippen LogP contribution >= 0.6 is 11.6 Å². The molecule has 0 aliphatic rings. The molecular formula is C17H20ClN. The van der Waals surface area contributed by atoms with Gasteiger partial charge in [0.1, 0.15) is 0 Å². The Morgan fingerprint density at radius 2 is 1.89 bits per heavy atom. The summed E-state index contributed by atoms with van der Waals surface area (Å²) < 4.78 is 0. The van der Waals surface area contributed by atoms with E-state index in [1.165, 1.54) is 11.1 Å². The second-order valence-electron chi connectivity index (χ2n) is 4.91. The summed E-state index contributed by atoms with van der Waals surface area (Å²) in [5.41, 5.74) is 3.66. The summed E-state index contributed by atoms with van der Waals surface area (Å²) >= 11 is 6.25. The summed E-state index contributed by atoms with van der Waals surface area (Å²) in [6.07, 6.45) is 2.22. The van der Waals surface area contributed by atoms with Gasteiger partial charge >= 0.3 is 0 Å². The van der Waals surface area contributed by atoms with E-state index in [1.807, 2.05) is 25.2 Å². The number of rotatable bonds is 5. The van der Waals surface area contributed by atoms with Gasteiger partial charge in [-0.1, -0.05) is 54.1 Å². The minimum absolute atomic E-state index is 0.545. The van der Waals surface area contributed by atoms with Gasteiger partial charge in [0.25, 0.3) is 0 Å². The molecule has 0 saturated carbocycles. The number of benzene rings is 2. The molecule has 2 aromatic rings. The molecule has 0 amide bonds. The molecule has 0 saturated heterocycles. The van der Waals surface area contributed by atoms with E-state index in [0.717, 1.165) is 23.4 Å². The van der Waals surface area contributed by atoms with E-state index in [0.29, 0.717) is 6.04 Å². The Morgan fingerprint density at radius 3 is 2.63 bits per heavy atom. The topological polar surface area (TPSA) is 12.0 Å². The lowest BCUT2D eigenvalue weighted by molar-refractivity contribution is 0.565. The van der Waals surface area contributed by atoms with Crippen molar-refractivity contribution in [2.45, 2.75) is 25.8 Å². The quantitative estimate of drug-likeness (QED) is 0.843. The molecule has 19 heavy (non-hydrogen) atoms. The van der Waals surface area contributed by atoms with Crippen molar-refractivity contribution in [2.75, 3.05) is 7.05 Å². The second kappa shape index (κ2) is 6.74. The third kappa shape index (κ3) is 3.82. The highest BCUT2D eigenvalue weighted by Crippen LogP contribution is 2.28. The molecule has 2 rings (SSSR count). The zero-order chi connectivity index (χ0) is 13.7. The van der Waals surface area contributed by atoms with E-state index < -0.39 is 0 Å². The molecule has 0 aliphatic heterocycles. The summed E-state index contributed by atoms with van der Waals surface area (Å²) in [4.78, 5) is 0. The van der Waals surface area contributed by atoms with E-state index in [-0.39, 0.29) is 0 Å². The Labute approximate surface area is 120 Å². The Balaban J connectivity index is 2.18. The summed E-state index contributed by atoms with van der Waals surface area (Å²) in [5.74, 6) is 0. The fourth-order valence-electron chi connectivity index (χ4n) is 2.12. The SMILES string of the molecule is CNC(C)CCc1cccc(-c2ccccc2Cl)c1. The van der Waals surface area contributed by atoms with Crippen LogP contribution in [0.2, 0.25) is 5.02 Å². The van der Waals surface area contributed by atoms with Crippen molar-refractivity contribution in [2.24, 2.45) is 0 Å². The van der Waals surface area contributed by atoms with Crippen LogP contribution < -0.4 is 5.32 Å². The molecule has 0 aliphatic carbocycles. The highest BCUT2D eigenvalue weighted by molar-refractivity contribution is 6.33. The maximum Gasteiger partial charge on any atom is 0.0484 e. The van der Waals surface area contributed by atoms with Crippen LogP contribution in [-0.2, 0) is 6.42 Å². The number of nitrogens with one attached hydrogen (secondary N) is 1. The third-order valence-corrected chi connectivity index (χ3v) is 3.80. The van der Waals surface area contributed by atoms with Crippen LogP contribution in [-0.4, -0.2) is 13.1 Å². The highest BCUT2D eigenvalue weighted by atomic mass is 35.5. The summed E-state index contributed by atoms with van der Waals surface area (Å²) in [5, 5.41) is 4.08. The zero-order valence-electron chi connectivity index (χ0n) is 11.5. The van der Waals surface area contributed by atoms with Crippen molar-refractivity contribution in [1.29, 1.82) is 0 Å². The fraction of sp³-hybridized carbons (Fsp3) is 0.294. The van der Waals surface area contributed by atoms with Crippen molar-refractivity contribution in [3.8, 4) is 11.1 Å². The lowest BCUT2D eigenvalue weighted by Gasteiger charge is -2.11. The average Bonchev–Trinajstić information content (AvgIpc) is 2.45. The van der Waals surface area contributed by atoms with Crippen LogP contribution in [0.1, 0.15) is 18.9 Å². The predicted molar refractivity (Wildman–Crippen MR) is 83.7 cm³/mol. The van der Waals surface area contributed by atoms with Gasteiger partial charge in [0.05, 0.1) is 0 Å². The first kappa shape index (κ1) is 14.1.